The molecule has 4 nitrogen and oxygen atoms in total. The highest BCUT2D eigenvalue weighted by Crippen LogP contribution is 2.26. The Bertz CT molecular complexity index is 611. The number of carbonyl (C=O) groups excluding carboxylic acids is 1. The fourth-order valence-corrected chi connectivity index (χ4v) is 3.21. The molecule has 1 saturated heterocycles. The lowest BCUT2D eigenvalue weighted by Crippen LogP contribution is -2.23. The smallest absolute Gasteiger partial charge is 0.312 e. The van der Waals surface area contributed by atoms with Crippen LogP contribution >= 0.6 is 11.3 Å². The Morgan fingerprint density at radius 2 is 2.24 bits per heavy atom. The van der Waals surface area contributed by atoms with Gasteiger partial charge in [-0.1, -0.05) is 30.3 Å². The third-order valence-electron chi connectivity index (χ3n) is 3.61. The van der Waals surface area contributed by atoms with E-state index in [1.807, 2.05) is 37.3 Å². The standard InChI is InChI=1S/C16H17NO3S/c1-11-14(7-8-19-11)16(18)20-10-13-9-17-15(21-13)12-5-3-2-4-6-12/h2-6,9,11,14H,7-8,10H2,1H3. The second-order valence-corrected chi connectivity index (χ2v) is 6.19. The van der Waals surface area contributed by atoms with Gasteiger partial charge in [-0.2, -0.15) is 0 Å². The summed E-state index contributed by atoms with van der Waals surface area (Å²) in [5, 5.41) is 0.944. The summed E-state index contributed by atoms with van der Waals surface area (Å²) in [6, 6.07) is 9.98. The van der Waals surface area contributed by atoms with Crippen molar-refractivity contribution in [3.05, 3.63) is 41.4 Å². The molecular formula is C16H17NO3S. The van der Waals surface area contributed by atoms with Crippen molar-refractivity contribution in [2.24, 2.45) is 5.92 Å². The summed E-state index contributed by atoms with van der Waals surface area (Å²) in [5.74, 6) is -0.304. The molecule has 2 unspecified atom stereocenters. The van der Waals surface area contributed by atoms with Gasteiger partial charge in [0.15, 0.2) is 0 Å². The Kier molecular flexibility index (Phi) is 4.31. The number of carbonyl (C=O) groups is 1. The zero-order valence-electron chi connectivity index (χ0n) is 11.8. The quantitative estimate of drug-likeness (QED) is 0.813. The molecule has 0 spiro atoms. The summed E-state index contributed by atoms with van der Waals surface area (Å²) < 4.78 is 10.8. The van der Waals surface area contributed by atoms with Crippen LogP contribution < -0.4 is 0 Å². The van der Waals surface area contributed by atoms with Crippen LogP contribution in [-0.4, -0.2) is 23.7 Å². The molecule has 2 aromatic rings. The molecule has 0 amide bonds. The van der Waals surface area contributed by atoms with Gasteiger partial charge in [-0.25, -0.2) is 4.98 Å². The van der Waals surface area contributed by atoms with Crippen LogP contribution in [0.1, 0.15) is 18.2 Å². The van der Waals surface area contributed by atoms with Crippen molar-refractivity contribution < 1.29 is 14.3 Å². The van der Waals surface area contributed by atoms with E-state index >= 15 is 0 Å². The van der Waals surface area contributed by atoms with E-state index in [0.717, 1.165) is 21.9 Å². The number of ether oxygens (including phenoxy) is 2. The Labute approximate surface area is 127 Å². The van der Waals surface area contributed by atoms with Crippen LogP contribution in [0.15, 0.2) is 36.5 Å². The van der Waals surface area contributed by atoms with Crippen molar-refractivity contribution in [1.29, 1.82) is 0 Å². The third kappa shape index (κ3) is 3.31. The number of hydrogen-bond donors (Lipinski definition) is 0. The lowest BCUT2D eigenvalue weighted by atomic mass is 10.0. The highest BCUT2D eigenvalue weighted by Gasteiger charge is 2.32. The summed E-state index contributed by atoms with van der Waals surface area (Å²) in [4.78, 5) is 17.3. The van der Waals surface area contributed by atoms with Crippen LogP contribution in [0.2, 0.25) is 0 Å². The van der Waals surface area contributed by atoms with E-state index < -0.39 is 0 Å². The number of esters is 1. The Balaban J connectivity index is 1.59. The maximum atomic E-state index is 12.0. The van der Waals surface area contributed by atoms with Crippen molar-refractivity contribution in [2.75, 3.05) is 6.61 Å². The van der Waals surface area contributed by atoms with Crippen LogP contribution in [-0.2, 0) is 20.9 Å². The fraction of sp³-hybridized carbons (Fsp3) is 0.375. The first-order valence-electron chi connectivity index (χ1n) is 7.02. The summed E-state index contributed by atoms with van der Waals surface area (Å²) in [6.07, 6.45) is 2.48. The molecule has 0 aliphatic carbocycles. The molecule has 110 valence electrons. The average Bonchev–Trinajstić information content (AvgIpc) is 3.15. The van der Waals surface area contributed by atoms with Gasteiger partial charge in [-0.15, -0.1) is 11.3 Å². The molecule has 21 heavy (non-hydrogen) atoms. The van der Waals surface area contributed by atoms with E-state index in [1.54, 1.807) is 17.5 Å². The van der Waals surface area contributed by atoms with Gasteiger partial charge in [0, 0.05) is 18.4 Å². The average molecular weight is 303 g/mol. The van der Waals surface area contributed by atoms with Crippen molar-refractivity contribution >= 4 is 17.3 Å². The first kappa shape index (κ1) is 14.2. The molecule has 2 atom stereocenters. The highest BCUT2D eigenvalue weighted by atomic mass is 32.1. The van der Waals surface area contributed by atoms with Crippen LogP contribution in [0.4, 0.5) is 0 Å². The van der Waals surface area contributed by atoms with Gasteiger partial charge in [0.2, 0.25) is 0 Å². The lowest BCUT2D eigenvalue weighted by molar-refractivity contribution is -0.151. The summed E-state index contributed by atoms with van der Waals surface area (Å²) in [5.41, 5.74) is 1.08. The largest absolute Gasteiger partial charge is 0.460 e. The van der Waals surface area contributed by atoms with Gasteiger partial charge < -0.3 is 9.47 Å². The topological polar surface area (TPSA) is 48.4 Å². The molecule has 0 bridgehead atoms. The number of rotatable bonds is 4. The molecule has 5 heteroatoms. The highest BCUT2D eigenvalue weighted by molar-refractivity contribution is 7.15. The van der Waals surface area contributed by atoms with E-state index in [4.69, 9.17) is 9.47 Å². The molecule has 3 rings (SSSR count). The van der Waals surface area contributed by atoms with E-state index in [-0.39, 0.29) is 24.6 Å². The zero-order valence-corrected chi connectivity index (χ0v) is 12.6. The molecule has 0 saturated carbocycles. The van der Waals surface area contributed by atoms with E-state index in [0.29, 0.717) is 6.61 Å². The van der Waals surface area contributed by atoms with Crippen molar-refractivity contribution in [3.63, 3.8) is 0 Å². The van der Waals surface area contributed by atoms with Gasteiger partial charge in [0.25, 0.3) is 0 Å². The third-order valence-corrected chi connectivity index (χ3v) is 4.63. The summed E-state index contributed by atoms with van der Waals surface area (Å²) in [7, 11) is 0. The van der Waals surface area contributed by atoms with Gasteiger partial charge in [0.1, 0.15) is 11.6 Å². The van der Waals surface area contributed by atoms with Gasteiger partial charge in [-0.3, -0.25) is 4.79 Å². The van der Waals surface area contributed by atoms with Crippen LogP contribution in [0.5, 0.6) is 0 Å². The molecular weight excluding hydrogens is 286 g/mol. The van der Waals surface area contributed by atoms with Crippen LogP contribution in [0, 0.1) is 5.92 Å². The molecule has 2 heterocycles. The second-order valence-electron chi connectivity index (χ2n) is 5.08. The molecule has 0 radical (unpaired) electrons. The zero-order chi connectivity index (χ0) is 14.7. The lowest BCUT2D eigenvalue weighted by Gasteiger charge is -2.12. The number of hydrogen-bond acceptors (Lipinski definition) is 5. The normalized spacial score (nSPS) is 21.4. The van der Waals surface area contributed by atoms with E-state index in [2.05, 4.69) is 4.98 Å². The minimum Gasteiger partial charge on any atom is -0.460 e. The SMILES string of the molecule is CC1OCCC1C(=O)OCc1cnc(-c2ccccc2)s1. The summed E-state index contributed by atoms with van der Waals surface area (Å²) in [6.45, 7) is 2.84. The monoisotopic (exact) mass is 303 g/mol. The van der Waals surface area contributed by atoms with Crippen LogP contribution in [0.3, 0.4) is 0 Å². The predicted octanol–water partition coefficient (Wildman–Crippen LogP) is 3.28. The minimum absolute atomic E-state index is 0.0427. The van der Waals surface area contributed by atoms with Crippen molar-refractivity contribution in [1.82, 2.24) is 4.98 Å². The molecule has 1 fully saturated rings. The van der Waals surface area contributed by atoms with Crippen molar-refractivity contribution in [2.45, 2.75) is 26.1 Å². The maximum absolute atomic E-state index is 12.0. The number of nitrogens with zero attached hydrogens (tertiary/aromatic N) is 1. The second kappa shape index (κ2) is 6.37. The van der Waals surface area contributed by atoms with Crippen molar-refractivity contribution in [3.8, 4) is 10.6 Å². The first-order chi connectivity index (χ1) is 10.2. The summed E-state index contributed by atoms with van der Waals surface area (Å²) >= 11 is 1.55. The minimum atomic E-state index is -0.172. The fourth-order valence-electron chi connectivity index (χ4n) is 2.38. The van der Waals surface area contributed by atoms with E-state index in [1.165, 1.54) is 0 Å². The Hall–Kier alpha value is -1.72. The molecule has 1 aliphatic heterocycles. The molecule has 1 aromatic carbocycles. The van der Waals surface area contributed by atoms with Gasteiger partial charge in [-0.05, 0) is 13.3 Å². The Morgan fingerprint density at radius 3 is 2.95 bits per heavy atom. The number of thiazole rings is 1. The number of benzene rings is 1. The van der Waals surface area contributed by atoms with E-state index in [9.17, 15) is 4.79 Å². The molecule has 1 aromatic heterocycles. The number of aromatic nitrogens is 1. The van der Waals surface area contributed by atoms with Gasteiger partial charge >= 0.3 is 5.97 Å². The predicted molar refractivity (Wildman–Crippen MR) is 80.9 cm³/mol. The molecule has 0 N–H and O–H groups in total. The first-order valence-corrected chi connectivity index (χ1v) is 7.84. The van der Waals surface area contributed by atoms with Crippen LogP contribution in [0.25, 0.3) is 10.6 Å². The Morgan fingerprint density at radius 1 is 1.43 bits per heavy atom. The van der Waals surface area contributed by atoms with Gasteiger partial charge in [0.05, 0.1) is 16.9 Å². The maximum Gasteiger partial charge on any atom is 0.312 e. The molecule has 1 aliphatic rings.